The molecule has 3 aromatic rings. The monoisotopic (exact) mass is 412 g/mol. The number of carbonyl (C=O) groups is 1. The van der Waals surface area contributed by atoms with E-state index in [0.717, 1.165) is 10.0 Å². The maximum absolute atomic E-state index is 12.7. The number of hydrogen-bond donors (Lipinski definition) is 0. The average Bonchev–Trinajstić information content (AvgIpc) is 2.98. The molecule has 8 heteroatoms. The van der Waals surface area contributed by atoms with Crippen LogP contribution in [-0.4, -0.2) is 23.6 Å². The molecule has 2 aromatic carbocycles. The van der Waals surface area contributed by atoms with E-state index in [1.807, 2.05) is 24.3 Å². The fraction of sp³-hybridized carbons (Fsp3) is 0.176. The van der Waals surface area contributed by atoms with Gasteiger partial charge in [0.15, 0.2) is 5.58 Å². The molecule has 0 aliphatic heterocycles. The number of anilines is 1. The third-order valence-electron chi connectivity index (χ3n) is 3.56. The Morgan fingerprint density at radius 2 is 2.00 bits per heavy atom. The van der Waals surface area contributed by atoms with Gasteiger partial charge in [-0.15, -0.1) is 0 Å². The van der Waals surface area contributed by atoms with Crippen LogP contribution < -0.4 is 4.90 Å². The summed E-state index contributed by atoms with van der Waals surface area (Å²) in [6, 6.07) is 11.6. The number of fused-ring (bicyclic) bond motifs is 1. The van der Waals surface area contributed by atoms with Gasteiger partial charge in [0.25, 0.3) is 0 Å². The quantitative estimate of drug-likeness (QED) is 0.595. The standard InChI is InChI=1S/C17H12BrF3N2O2/c1-2-23(16(24)17(19,20)21)12-6-7-13-14(9-12)25-15(22-13)10-4-3-5-11(18)8-10/h3-9H,2H2,1H3. The number of nitrogens with zero attached hydrogens (tertiary/aromatic N) is 2. The zero-order chi connectivity index (χ0) is 18.2. The van der Waals surface area contributed by atoms with Gasteiger partial charge in [0.2, 0.25) is 5.89 Å². The number of benzene rings is 2. The summed E-state index contributed by atoms with van der Waals surface area (Å²) in [6.45, 7) is 1.36. The molecule has 0 bridgehead atoms. The minimum absolute atomic E-state index is 0.106. The largest absolute Gasteiger partial charge is 0.471 e. The minimum Gasteiger partial charge on any atom is -0.436 e. The van der Waals surface area contributed by atoms with E-state index in [2.05, 4.69) is 20.9 Å². The minimum atomic E-state index is -4.94. The van der Waals surface area contributed by atoms with E-state index in [4.69, 9.17) is 4.42 Å². The van der Waals surface area contributed by atoms with Crippen molar-refractivity contribution < 1.29 is 22.4 Å². The Morgan fingerprint density at radius 3 is 2.64 bits per heavy atom. The van der Waals surface area contributed by atoms with Crippen molar-refractivity contribution in [1.82, 2.24) is 4.98 Å². The first-order chi connectivity index (χ1) is 11.8. The van der Waals surface area contributed by atoms with Crippen molar-refractivity contribution in [3.8, 4) is 11.5 Å². The lowest BCUT2D eigenvalue weighted by Gasteiger charge is -2.21. The second kappa shape index (κ2) is 6.51. The molecule has 0 atom stereocenters. The average molecular weight is 413 g/mol. The van der Waals surface area contributed by atoms with Gasteiger partial charge in [-0.3, -0.25) is 4.79 Å². The molecule has 1 aromatic heterocycles. The second-order valence-corrected chi connectivity index (χ2v) is 6.14. The molecule has 0 aliphatic rings. The third kappa shape index (κ3) is 3.53. The van der Waals surface area contributed by atoms with Gasteiger partial charge in [-0.05, 0) is 37.3 Å². The molecule has 3 rings (SSSR count). The lowest BCUT2D eigenvalue weighted by Crippen LogP contribution is -2.41. The van der Waals surface area contributed by atoms with Crippen LogP contribution in [0.2, 0.25) is 0 Å². The highest BCUT2D eigenvalue weighted by atomic mass is 79.9. The molecule has 0 radical (unpaired) electrons. The number of carbonyl (C=O) groups excluding carboxylic acids is 1. The molecule has 0 unspecified atom stereocenters. The zero-order valence-electron chi connectivity index (χ0n) is 13.0. The summed E-state index contributed by atoms with van der Waals surface area (Å²) in [5, 5.41) is 0. The second-order valence-electron chi connectivity index (χ2n) is 5.23. The summed E-state index contributed by atoms with van der Waals surface area (Å²) in [7, 11) is 0. The maximum atomic E-state index is 12.7. The normalized spacial score (nSPS) is 11.7. The molecule has 0 fully saturated rings. The third-order valence-corrected chi connectivity index (χ3v) is 4.05. The van der Waals surface area contributed by atoms with Crippen molar-refractivity contribution in [3.63, 3.8) is 0 Å². The molecule has 0 aliphatic carbocycles. The molecule has 0 N–H and O–H groups in total. The Bertz CT molecular complexity index is 937. The van der Waals surface area contributed by atoms with E-state index in [1.165, 1.54) is 25.1 Å². The molecular weight excluding hydrogens is 401 g/mol. The predicted octanol–water partition coefficient (Wildman–Crippen LogP) is 5.17. The molecule has 1 amide bonds. The van der Waals surface area contributed by atoms with E-state index < -0.39 is 12.1 Å². The summed E-state index contributed by atoms with van der Waals surface area (Å²) >= 11 is 3.36. The molecular formula is C17H12BrF3N2O2. The van der Waals surface area contributed by atoms with E-state index in [1.54, 1.807) is 0 Å². The van der Waals surface area contributed by atoms with Crippen LogP contribution in [0.5, 0.6) is 0 Å². The van der Waals surface area contributed by atoms with Crippen LogP contribution in [0.3, 0.4) is 0 Å². The number of halogens is 4. The topological polar surface area (TPSA) is 46.3 Å². The van der Waals surface area contributed by atoms with Gasteiger partial charge in [-0.2, -0.15) is 13.2 Å². The molecule has 0 saturated heterocycles. The molecule has 1 heterocycles. The number of hydrogen-bond acceptors (Lipinski definition) is 3. The highest BCUT2D eigenvalue weighted by Crippen LogP contribution is 2.30. The van der Waals surface area contributed by atoms with Crippen molar-refractivity contribution in [3.05, 3.63) is 46.9 Å². The zero-order valence-corrected chi connectivity index (χ0v) is 14.6. The van der Waals surface area contributed by atoms with E-state index >= 15 is 0 Å². The molecule has 25 heavy (non-hydrogen) atoms. The summed E-state index contributed by atoms with van der Waals surface area (Å²) in [4.78, 5) is 16.5. The van der Waals surface area contributed by atoms with Gasteiger partial charge in [0, 0.05) is 28.3 Å². The van der Waals surface area contributed by atoms with E-state index in [0.29, 0.717) is 21.9 Å². The highest BCUT2D eigenvalue weighted by Gasteiger charge is 2.42. The maximum Gasteiger partial charge on any atom is 0.471 e. The Hall–Kier alpha value is -2.35. The van der Waals surface area contributed by atoms with Crippen LogP contribution in [-0.2, 0) is 4.79 Å². The fourth-order valence-electron chi connectivity index (χ4n) is 2.42. The van der Waals surface area contributed by atoms with Crippen molar-refractivity contribution >= 4 is 38.6 Å². The predicted molar refractivity (Wildman–Crippen MR) is 91.2 cm³/mol. The lowest BCUT2D eigenvalue weighted by atomic mass is 10.2. The first kappa shape index (κ1) is 17.5. The number of amides is 1. The van der Waals surface area contributed by atoms with E-state index in [-0.39, 0.29) is 12.2 Å². The van der Waals surface area contributed by atoms with Crippen LogP contribution >= 0.6 is 15.9 Å². The van der Waals surface area contributed by atoms with Crippen molar-refractivity contribution in [2.75, 3.05) is 11.4 Å². The molecule has 0 spiro atoms. The first-order valence-corrected chi connectivity index (χ1v) is 8.14. The van der Waals surface area contributed by atoms with Crippen molar-refractivity contribution in [2.24, 2.45) is 0 Å². The van der Waals surface area contributed by atoms with Gasteiger partial charge in [-0.25, -0.2) is 4.98 Å². The van der Waals surface area contributed by atoms with Gasteiger partial charge in [0.05, 0.1) is 0 Å². The fourth-order valence-corrected chi connectivity index (χ4v) is 2.82. The molecule has 0 saturated carbocycles. The van der Waals surface area contributed by atoms with Gasteiger partial charge in [0.1, 0.15) is 5.52 Å². The highest BCUT2D eigenvalue weighted by molar-refractivity contribution is 9.10. The van der Waals surface area contributed by atoms with Gasteiger partial charge >= 0.3 is 12.1 Å². The van der Waals surface area contributed by atoms with Gasteiger partial charge < -0.3 is 9.32 Å². The molecule has 130 valence electrons. The number of aromatic nitrogens is 1. The Balaban J connectivity index is 2.01. The van der Waals surface area contributed by atoms with Crippen LogP contribution in [0.25, 0.3) is 22.6 Å². The van der Waals surface area contributed by atoms with E-state index in [9.17, 15) is 18.0 Å². The lowest BCUT2D eigenvalue weighted by molar-refractivity contribution is -0.170. The van der Waals surface area contributed by atoms with Crippen molar-refractivity contribution in [1.29, 1.82) is 0 Å². The van der Waals surface area contributed by atoms with Gasteiger partial charge in [-0.1, -0.05) is 22.0 Å². The SMILES string of the molecule is CCN(C(=O)C(F)(F)F)c1ccc2nc(-c3cccc(Br)c3)oc2c1. The first-order valence-electron chi connectivity index (χ1n) is 7.35. The smallest absolute Gasteiger partial charge is 0.436 e. The Labute approximate surface area is 149 Å². The van der Waals surface area contributed by atoms with Crippen LogP contribution in [0.4, 0.5) is 18.9 Å². The van der Waals surface area contributed by atoms with Crippen molar-refractivity contribution in [2.45, 2.75) is 13.1 Å². The summed E-state index contributed by atoms with van der Waals surface area (Å²) in [6.07, 6.45) is -4.94. The number of rotatable bonds is 3. The molecule has 4 nitrogen and oxygen atoms in total. The number of alkyl halides is 3. The Morgan fingerprint density at radius 1 is 1.24 bits per heavy atom. The summed E-state index contributed by atoms with van der Waals surface area (Å²) in [5.41, 5.74) is 1.63. The summed E-state index contributed by atoms with van der Waals surface area (Å²) in [5.74, 6) is -1.57. The van der Waals surface area contributed by atoms with Crippen LogP contribution in [0, 0.1) is 0 Å². The van der Waals surface area contributed by atoms with Crippen LogP contribution in [0.1, 0.15) is 6.92 Å². The van der Waals surface area contributed by atoms with Crippen LogP contribution in [0.15, 0.2) is 51.4 Å². The Kier molecular flexibility index (Phi) is 4.55. The number of oxazole rings is 1. The summed E-state index contributed by atoms with van der Waals surface area (Å²) < 4.78 is 44.7.